The summed E-state index contributed by atoms with van der Waals surface area (Å²) in [5.41, 5.74) is 7.37. The lowest BCUT2D eigenvalue weighted by Gasteiger charge is -2.10. The molecule has 0 fully saturated rings. The van der Waals surface area contributed by atoms with Crippen molar-refractivity contribution in [2.45, 2.75) is 25.7 Å². The smallest absolute Gasteiger partial charge is 0.0750 e. The number of nitrogens with zero attached hydrogens (tertiary/aromatic N) is 1. The molecule has 90 valence electrons. The second-order valence-electron chi connectivity index (χ2n) is 3.65. The number of unbranched alkanes of at least 4 members (excludes halogenated alkanes) is 3. The number of aromatic nitrogens is 1. The lowest BCUT2D eigenvalue weighted by Crippen LogP contribution is -2.05. The fourth-order valence-electron chi connectivity index (χ4n) is 1.44. The van der Waals surface area contributed by atoms with Crippen molar-refractivity contribution < 1.29 is 5.11 Å². The maximum Gasteiger partial charge on any atom is 0.0750 e. The van der Waals surface area contributed by atoms with Gasteiger partial charge in [0.05, 0.1) is 22.0 Å². The van der Waals surface area contributed by atoms with E-state index in [-0.39, 0.29) is 6.61 Å². The van der Waals surface area contributed by atoms with Gasteiger partial charge in [0.1, 0.15) is 0 Å². The van der Waals surface area contributed by atoms with E-state index < -0.39 is 0 Å². The average Bonchev–Trinajstić information content (AvgIpc) is 2.26. The van der Waals surface area contributed by atoms with Crippen LogP contribution in [-0.4, -0.2) is 23.2 Å². The first-order valence-corrected chi connectivity index (χ1v) is 6.28. The minimum Gasteiger partial charge on any atom is -0.396 e. The first-order chi connectivity index (χ1) is 7.75. The van der Waals surface area contributed by atoms with Gasteiger partial charge in [-0.05, 0) is 28.8 Å². The maximum absolute atomic E-state index is 8.63. The van der Waals surface area contributed by atoms with Crippen LogP contribution >= 0.6 is 15.9 Å². The van der Waals surface area contributed by atoms with E-state index in [2.05, 4.69) is 26.2 Å². The number of pyridine rings is 1. The minimum absolute atomic E-state index is 0.288. The molecule has 0 unspecified atom stereocenters. The Kier molecular flexibility index (Phi) is 6.18. The monoisotopic (exact) mass is 287 g/mol. The first kappa shape index (κ1) is 13.3. The van der Waals surface area contributed by atoms with Crippen LogP contribution in [0.25, 0.3) is 0 Å². The SMILES string of the molecule is Nc1cncc(Br)c1NCCCCCCO. The van der Waals surface area contributed by atoms with Crippen molar-refractivity contribution in [3.05, 3.63) is 16.9 Å². The molecule has 0 saturated carbocycles. The second kappa shape index (κ2) is 7.46. The lowest BCUT2D eigenvalue weighted by molar-refractivity contribution is 0.283. The molecule has 0 amide bonds. The molecule has 0 saturated heterocycles. The highest BCUT2D eigenvalue weighted by atomic mass is 79.9. The minimum atomic E-state index is 0.288. The predicted octanol–water partition coefficient (Wildman–Crippen LogP) is 2.39. The summed E-state index contributed by atoms with van der Waals surface area (Å²) in [6.45, 7) is 1.18. The first-order valence-electron chi connectivity index (χ1n) is 5.49. The molecule has 1 heterocycles. The third kappa shape index (κ3) is 4.37. The number of aliphatic hydroxyl groups is 1. The molecule has 0 aliphatic rings. The molecule has 0 spiro atoms. The second-order valence-corrected chi connectivity index (χ2v) is 4.50. The van der Waals surface area contributed by atoms with E-state index in [9.17, 15) is 0 Å². The maximum atomic E-state index is 8.63. The largest absolute Gasteiger partial charge is 0.396 e. The van der Waals surface area contributed by atoms with Crippen LogP contribution in [0.5, 0.6) is 0 Å². The number of rotatable bonds is 7. The van der Waals surface area contributed by atoms with Crippen molar-refractivity contribution in [1.29, 1.82) is 0 Å². The zero-order valence-electron chi connectivity index (χ0n) is 9.25. The number of nitrogens with one attached hydrogen (secondary N) is 1. The van der Waals surface area contributed by atoms with Crippen LogP contribution in [-0.2, 0) is 0 Å². The summed E-state index contributed by atoms with van der Waals surface area (Å²) in [6.07, 6.45) is 7.53. The van der Waals surface area contributed by atoms with Crippen molar-refractivity contribution in [2.75, 3.05) is 24.2 Å². The molecule has 4 nitrogen and oxygen atoms in total. The highest BCUT2D eigenvalue weighted by Gasteiger charge is 2.03. The van der Waals surface area contributed by atoms with Crippen LogP contribution in [0.2, 0.25) is 0 Å². The number of nitrogen functional groups attached to an aromatic ring is 1. The van der Waals surface area contributed by atoms with E-state index in [0.717, 1.165) is 42.4 Å². The van der Waals surface area contributed by atoms with Gasteiger partial charge in [-0.1, -0.05) is 12.8 Å². The quantitative estimate of drug-likeness (QED) is 0.674. The zero-order chi connectivity index (χ0) is 11.8. The number of anilines is 2. The normalized spacial score (nSPS) is 10.4. The van der Waals surface area contributed by atoms with Gasteiger partial charge < -0.3 is 16.2 Å². The summed E-state index contributed by atoms with van der Waals surface area (Å²) in [5, 5.41) is 11.9. The molecule has 16 heavy (non-hydrogen) atoms. The summed E-state index contributed by atoms with van der Waals surface area (Å²) < 4.78 is 0.892. The molecule has 0 radical (unpaired) electrons. The van der Waals surface area contributed by atoms with Crippen molar-refractivity contribution in [1.82, 2.24) is 4.98 Å². The fraction of sp³-hybridized carbons (Fsp3) is 0.545. The van der Waals surface area contributed by atoms with E-state index in [0.29, 0.717) is 5.69 Å². The molecule has 1 aromatic heterocycles. The molecule has 5 heteroatoms. The van der Waals surface area contributed by atoms with Crippen LogP contribution in [0, 0.1) is 0 Å². The van der Waals surface area contributed by atoms with Crippen LogP contribution in [0.15, 0.2) is 16.9 Å². The molecular formula is C11H18BrN3O. The lowest BCUT2D eigenvalue weighted by atomic mass is 10.2. The third-order valence-electron chi connectivity index (χ3n) is 2.32. The van der Waals surface area contributed by atoms with Gasteiger partial charge >= 0.3 is 0 Å². The van der Waals surface area contributed by atoms with Crippen LogP contribution in [0.3, 0.4) is 0 Å². The summed E-state index contributed by atoms with van der Waals surface area (Å²) in [6, 6.07) is 0. The molecule has 1 aromatic rings. The van der Waals surface area contributed by atoms with Gasteiger partial charge in [0.25, 0.3) is 0 Å². The van der Waals surface area contributed by atoms with Crippen molar-refractivity contribution in [3.63, 3.8) is 0 Å². The van der Waals surface area contributed by atoms with Gasteiger partial charge in [0, 0.05) is 19.3 Å². The Morgan fingerprint density at radius 1 is 1.25 bits per heavy atom. The molecule has 0 bridgehead atoms. The third-order valence-corrected chi connectivity index (χ3v) is 2.92. The predicted molar refractivity (Wildman–Crippen MR) is 70.4 cm³/mol. The Morgan fingerprint density at radius 3 is 2.69 bits per heavy atom. The van der Waals surface area contributed by atoms with Crippen molar-refractivity contribution in [3.8, 4) is 0 Å². The Labute approximate surface area is 104 Å². The molecule has 4 N–H and O–H groups in total. The van der Waals surface area contributed by atoms with Gasteiger partial charge in [-0.2, -0.15) is 0 Å². The molecular weight excluding hydrogens is 270 g/mol. The molecule has 0 aliphatic heterocycles. The topological polar surface area (TPSA) is 71.2 Å². The fourth-order valence-corrected chi connectivity index (χ4v) is 1.93. The molecule has 0 atom stereocenters. The van der Waals surface area contributed by atoms with Gasteiger partial charge in [-0.3, -0.25) is 4.98 Å². The number of nitrogens with two attached hydrogens (primary N) is 1. The highest BCUT2D eigenvalue weighted by molar-refractivity contribution is 9.10. The van der Waals surface area contributed by atoms with Gasteiger partial charge in [0.2, 0.25) is 0 Å². The van der Waals surface area contributed by atoms with Crippen molar-refractivity contribution >= 4 is 27.3 Å². The van der Waals surface area contributed by atoms with Crippen LogP contribution < -0.4 is 11.1 Å². The van der Waals surface area contributed by atoms with E-state index >= 15 is 0 Å². The molecule has 1 rings (SSSR count). The number of halogens is 1. The average molecular weight is 288 g/mol. The van der Waals surface area contributed by atoms with Gasteiger partial charge in [-0.15, -0.1) is 0 Å². The zero-order valence-corrected chi connectivity index (χ0v) is 10.8. The van der Waals surface area contributed by atoms with E-state index in [1.54, 1.807) is 12.4 Å². The van der Waals surface area contributed by atoms with Gasteiger partial charge in [-0.25, -0.2) is 0 Å². The standard InChI is InChI=1S/C11H18BrN3O/c12-9-7-14-8-10(13)11(9)15-5-3-1-2-4-6-16/h7-8,16H,1-6,13H2,(H,14,15). The van der Waals surface area contributed by atoms with Gasteiger partial charge in [0.15, 0.2) is 0 Å². The molecule has 0 aromatic carbocycles. The number of hydrogen-bond acceptors (Lipinski definition) is 4. The Morgan fingerprint density at radius 2 is 2.00 bits per heavy atom. The van der Waals surface area contributed by atoms with E-state index in [1.807, 2.05) is 0 Å². The van der Waals surface area contributed by atoms with Crippen LogP contribution in [0.4, 0.5) is 11.4 Å². The van der Waals surface area contributed by atoms with E-state index in [1.165, 1.54) is 0 Å². The number of hydrogen-bond donors (Lipinski definition) is 3. The summed E-state index contributed by atoms with van der Waals surface area (Å²) >= 11 is 3.40. The highest BCUT2D eigenvalue weighted by Crippen LogP contribution is 2.26. The Hall–Kier alpha value is -0.810. The van der Waals surface area contributed by atoms with Crippen LogP contribution in [0.1, 0.15) is 25.7 Å². The number of aliphatic hydroxyl groups excluding tert-OH is 1. The molecule has 0 aliphatic carbocycles. The summed E-state index contributed by atoms with van der Waals surface area (Å²) in [7, 11) is 0. The van der Waals surface area contributed by atoms with Crippen molar-refractivity contribution in [2.24, 2.45) is 0 Å². The van der Waals surface area contributed by atoms with E-state index in [4.69, 9.17) is 10.8 Å². The summed E-state index contributed by atoms with van der Waals surface area (Å²) in [4.78, 5) is 3.97. The Bertz CT molecular complexity index is 300. The summed E-state index contributed by atoms with van der Waals surface area (Å²) in [5.74, 6) is 0. The Balaban J connectivity index is 2.26.